The summed E-state index contributed by atoms with van der Waals surface area (Å²) in [7, 11) is 2.14. The number of likely N-dealkylation sites (tertiary alicyclic amines) is 1. The molecule has 2 saturated heterocycles. The summed E-state index contributed by atoms with van der Waals surface area (Å²) in [5.74, 6) is 6.74. The van der Waals surface area contributed by atoms with E-state index in [0.717, 1.165) is 25.3 Å². The first-order chi connectivity index (χ1) is 10.5. The summed E-state index contributed by atoms with van der Waals surface area (Å²) < 4.78 is 0. The molecular formula is C20H43N3O. The maximum atomic E-state index is 9.97. The van der Waals surface area contributed by atoms with Crippen molar-refractivity contribution < 1.29 is 5.11 Å². The van der Waals surface area contributed by atoms with Crippen LogP contribution in [0.2, 0.25) is 0 Å². The highest BCUT2D eigenvalue weighted by Gasteiger charge is 2.47. The average molecular weight is 342 g/mol. The molecule has 3 atom stereocenters. The van der Waals surface area contributed by atoms with E-state index < -0.39 is 5.60 Å². The maximum Gasteiger partial charge on any atom is 0.0652 e. The Bertz CT molecular complexity index is 409. The summed E-state index contributed by atoms with van der Waals surface area (Å²) in [4.78, 5) is 2.35. The molecule has 4 heteroatoms. The summed E-state index contributed by atoms with van der Waals surface area (Å²) in [6, 6.07) is 0.476. The van der Waals surface area contributed by atoms with Gasteiger partial charge < -0.3 is 5.11 Å². The van der Waals surface area contributed by atoms with Crippen LogP contribution in [-0.2, 0) is 0 Å². The fourth-order valence-corrected chi connectivity index (χ4v) is 4.45. The minimum Gasteiger partial charge on any atom is -0.390 e. The van der Waals surface area contributed by atoms with Crippen LogP contribution in [0.4, 0.5) is 0 Å². The third-order valence-corrected chi connectivity index (χ3v) is 7.49. The second kappa shape index (κ2) is 6.86. The first-order valence-corrected chi connectivity index (χ1v) is 9.52. The van der Waals surface area contributed by atoms with Gasteiger partial charge in [-0.25, -0.2) is 5.01 Å². The largest absolute Gasteiger partial charge is 0.390 e. The minimum absolute atomic E-state index is 0.116. The van der Waals surface area contributed by atoms with Gasteiger partial charge in [-0.2, -0.15) is 0 Å². The molecule has 2 fully saturated rings. The van der Waals surface area contributed by atoms with Gasteiger partial charge in [-0.05, 0) is 79.2 Å². The zero-order valence-electron chi connectivity index (χ0n) is 17.9. The molecule has 2 rings (SSSR count). The summed E-state index contributed by atoms with van der Waals surface area (Å²) in [5, 5.41) is 12.0. The van der Waals surface area contributed by atoms with Gasteiger partial charge >= 0.3 is 0 Å². The Morgan fingerprint density at radius 2 is 1.50 bits per heavy atom. The SMILES string of the molecule is CC1CC(C)(O)CC(C)(C)N1C.CC1CCN(N)C(C)(C)C1(C)C. The van der Waals surface area contributed by atoms with Gasteiger partial charge in [-0.15, -0.1) is 0 Å². The topological polar surface area (TPSA) is 52.7 Å². The maximum absolute atomic E-state index is 9.97. The van der Waals surface area contributed by atoms with E-state index >= 15 is 0 Å². The van der Waals surface area contributed by atoms with E-state index in [2.05, 4.69) is 67.3 Å². The number of hydrazine groups is 1. The Morgan fingerprint density at radius 3 is 1.92 bits per heavy atom. The van der Waals surface area contributed by atoms with Crippen LogP contribution in [0.1, 0.15) is 81.6 Å². The van der Waals surface area contributed by atoms with E-state index in [0.29, 0.717) is 11.5 Å². The molecule has 144 valence electrons. The molecule has 4 nitrogen and oxygen atoms in total. The number of hydrogen-bond donors (Lipinski definition) is 2. The monoisotopic (exact) mass is 341 g/mol. The Labute approximate surface area is 150 Å². The van der Waals surface area contributed by atoms with E-state index in [1.807, 2.05) is 11.9 Å². The molecular weight excluding hydrogens is 298 g/mol. The number of hydrogen-bond acceptors (Lipinski definition) is 4. The third kappa shape index (κ3) is 4.32. The highest BCUT2D eigenvalue weighted by molar-refractivity contribution is 4.99. The van der Waals surface area contributed by atoms with Crippen molar-refractivity contribution in [1.82, 2.24) is 9.91 Å². The summed E-state index contributed by atoms with van der Waals surface area (Å²) in [5.41, 5.74) is 0.0707. The van der Waals surface area contributed by atoms with Gasteiger partial charge in [-0.1, -0.05) is 20.8 Å². The molecule has 2 aliphatic heterocycles. The molecule has 0 aromatic rings. The first kappa shape index (κ1) is 21.9. The Balaban J connectivity index is 0.000000240. The lowest BCUT2D eigenvalue weighted by Gasteiger charge is -2.54. The predicted octanol–water partition coefficient (Wildman–Crippen LogP) is 3.64. The fraction of sp³-hybridized carbons (Fsp3) is 1.00. The van der Waals surface area contributed by atoms with Crippen LogP contribution in [0.3, 0.4) is 0 Å². The molecule has 3 unspecified atom stereocenters. The highest BCUT2D eigenvalue weighted by Crippen LogP contribution is 2.45. The van der Waals surface area contributed by atoms with Gasteiger partial charge in [0, 0.05) is 23.7 Å². The van der Waals surface area contributed by atoms with Gasteiger partial charge in [-0.3, -0.25) is 10.7 Å². The third-order valence-electron chi connectivity index (χ3n) is 7.49. The normalized spacial score (nSPS) is 39.0. The molecule has 3 N–H and O–H groups in total. The molecule has 0 aliphatic carbocycles. The van der Waals surface area contributed by atoms with Crippen molar-refractivity contribution >= 4 is 0 Å². The quantitative estimate of drug-likeness (QED) is 0.661. The highest BCUT2D eigenvalue weighted by atomic mass is 16.3. The van der Waals surface area contributed by atoms with Crippen LogP contribution >= 0.6 is 0 Å². The van der Waals surface area contributed by atoms with Gasteiger partial charge in [0.05, 0.1) is 5.60 Å². The standard InChI is InChI=1S/C10H22N2.C10H21NO/c1-8-6-7-12(11)10(4,5)9(8,2)3;1-8-6-10(4,12)7-9(2,3)11(8)5/h8H,6-7,11H2,1-5H3;8,12H,6-7H2,1-5H3. The zero-order chi connectivity index (χ0) is 19.1. The fourth-order valence-electron chi connectivity index (χ4n) is 4.45. The lowest BCUT2D eigenvalue weighted by atomic mass is 9.63. The summed E-state index contributed by atoms with van der Waals surface area (Å²) in [6.07, 6.45) is 2.96. The van der Waals surface area contributed by atoms with Crippen molar-refractivity contribution in [3.8, 4) is 0 Å². The smallest absolute Gasteiger partial charge is 0.0652 e. The lowest BCUT2D eigenvalue weighted by molar-refractivity contribution is -0.0793. The van der Waals surface area contributed by atoms with Crippen LogP contribution in [-0.4, -0.2) is 51.3 Å². The van der Waals surface area contributed by atoms with Crippen LogP contribution < -0.4 is 5.84 Å². The van der Waals surface area contributed by atoms with E-state index in [1.54, 1.807) is 0 Å². The van der Waals surface area contributed by atoms with Crippen molar-refractivity contribution in [3.63, 3.8) is 0 Å². The molecule has 2 heterocycles. The number of rotatable bonds is 0. The number of nitrogens with zero attached hydrogens (tertiary/aromatic N) is 2. The number of nitrogens with two attached hydrogens (primary N) is 1. The van der Waals surface area contributed by atoms with E-state index in [1.165, 1.54) is 6.42 Å². The van der Waals surface area contributed by atoms with Gasteiger partial charge in [0.15, 0.2) is 0 Å². The second-order valence-corrected chi connectivity index (χ2v) is 10.3. The van der Waals surface area contributed by atoms with Crippen molar-refractivity contribution in [2.24, 2.45) is 17.2 Å². The molecule has 0 aromatic heterocycles. The molecule has 0 aromatic carbocycles. The molecule has 0 saturated carbocycles. The van der Waals surface area contributed by atoms with E-state index in [9.17, 15) is 5.11 Å². The van der Waals surface area contributed by atoms with Gasteiger partial charge in [0.25, 0.3) is 0 Å². The second-order valence-electron chi connectivity index (χ2n) is 10.3. The predicted molar refractivity (Wildman–Crippen MR) is 104 cm³/mol. The van der Waals surface area contributed by atoms with Crippen molar-refractivity contribution in [3.05, 3.63) is 0 Å². The average Bonchev–Trinajstić information content (AvgIpc) is 2.39. The minimum atomic E-state index is -0.477. The zero-order valence-corrected chi connectivity index (χ0v) is 17.9. The first-order valence-electron chi connectivity index (χ1n) is 9.52. The molecule has 0 radical (unpaired) electrons. The Hall–Kier alpha value is -0.160. The molecule has 0 amide bonds. The lowest BCUT2D eigenvalue weighted by Crippen LogP contribution is -2.63. The molecule has 2 aliphatic rings. The van der Waals surface area contributed by atoms with E-state index in [-0.39, 0.29) is 11.1 Å². The van der Waals surface area contributed by atoms with Gasteiger partial charge in [0.2, 0.25) is 0 Å². The van der Waals surface area contributed by atoms with Crippen LogP contribution in [0, 0.1) is 11.3 Å². The Kier molecular flexibility index (Phi) is 6.26. The summed E-state index contributed by atoms with van der Waals surface area (Å²) >= 11 is 0. The van der Waals surface area contributed by atoms with Crippen molar-refractivity contribution in [1.29, 1.82) is 0 Å². The van der Waals surface area contributed by atoms with Crippen molar-refractivity contribution in [2.75, 3.05) is 13.6 Å². The van der Waals surface area contributed by atoms with Crippen LogP contribution in [0.15, 0.2) is 0 Å². The number of piperidine rings is 2. The molecule has 0 spiro atoms. The summed E-state index contributed by atoms with van der Waals surface area (Å²) in [6.45, 7) is 21.0. The Morgan fingerprint density at radius 1 is 1.00 bits per heavy atom. The number of aliphatic hydroxyl groups is 1. The molecule has 0 bridgehead atoms. The molecule has 24 heavy (non-hydrogen) atoms. The van der Waals surface area contributed by atoms with Gasteiger partial charge in [0.1, 0.15) is 0 Å². The van der Waals surface area contributed by atoms with Crippen LogP contribution in [0.25, 0.3) is 0 Å². The van der Waals surface area contributed by atoms with E-state index in [4.69, 9.17) is 5.84 Å². The van der Waals surface area contributed by atoms with Crippen molar-refractivity contribution in [2.45, 2.75) is 104 Å². The van der Waals surface area contributed by atoms with Crippen LogP contribution in [0.5, 0.6) is 0 Å².